The fraction of sp³-hybridized carbons (Fsp3) is 0.929. The second-order valence-corrected chi connectivity index (χ2v) is 5.32. The molecule has 0 bridgehead atoms. The molecule has 3 heteroatoms. The fourth-order valence-electron chi connectivity index (χ4n) is 2.74. The van der Waals surface area contributed by atoms with Gasteiger partial charge in [0.2, 0.25) is 5.91 Å². The van der Waals surface area contributed by atoms with Crippen LogP contribution in [0.3, 0.4) is 0 Å². The highest BCUT2D eigenvalue weighted by molar-refractivity contribution is 5.81. The summed E-state index contributed by atoms with van der Waals surface area (Å²) in [5.41, 5.74) is 0. The van der Waals surface area contributed by atoms with Gasteiger partial charge in [-0.05, 0) is 39.5 Å². The van der Waals surface area contributed by atoms with Crippen LogP contribution in [-0.2, 0) is 4.79 Å². The summed E-state index contributed by atoms with van der Waals surface area (Å²) in [6.45, 7) is 6.85. The quantitative estimate of drug-likeness (QED) is 0.725. The van der Waals surface area contributed by atoms with Gasteiger partial charge < -0.3 is 10.6 Å². The van der Waals surface area contributed by atoms with Crippen molar-refractivity contribution in [2.24, 2.45) is 5.92 Å². The third-order valence-electron chi connectivity index (χ3n) is 3.86. The Morgan fingerprint density at radius 2 is 1.76 bits per heavy atom. The third-order valence-corrected chi connectivity index (χ3v) is 3.86. The first-order chi connectivity index (χ1) is 8.15. The van der Waals surface area contributed by atoms with Gasteiger partial charge in [0.15, 0.2) is 0 Å². The summed E-state index contributed by atoms with van der Waals surface area (Å²) in [4.78, 5) is 11.7. The zero-order valence-electron chi connectivity index (χ0n) is 11.6. The van der Waals surface area contributed by atoms with Crippen LogP contribution in [0, 0.1) is 5.92 Å². The standard InChI is InChI=1S/C14H28N2O/c1-4-15-14(17)12(3)16-11(2)13-9-7-5-6-8-10-13/h11-13,16H,4-10H2,1-3H3,(H,15,17)/t11-,12?/m1/s1. The predicted octanol–water partition coefficient (Wildman–Crippen LogP) is 2.46. The number of hydrogen-bond donors (Lipinski definition) is 2. The van der Waals surface area contributed by atoms with Gasteiger partial charge in [-0.1, -0.05) is 25.7 Å². The van der Waals surface area contributed by atoms with Crippen LogP contribution in [0.1, 0.15) is 59.3 Å². The molecule has 100 valence electrons. The lowest BCUT2D eigenvalue weighted by Crippen LogP contribution is -2.47. The van der Waals surface area contributed by atoms with Gasteiger partial charge in [-0.3, -0.25) is 4.79 Å². The van der Waals surface area contributed by atoms with Crippen LogP contribution < -0.4 is 10.6 Å². The minimum atomic E-state index is -0.0757. The minimum Gasteiger partial charge on any atom is -0.355 e. The average molecular weight is 240 g/mol. The molecule has 1 rings (SSSR count). The zero-order chi connectivity index (χ0) is 12.7. The van der Waals surface area contributed by atoms with Gasteiger partial charge in [-0.25, -0.2) is 0 Å². The van der Waals surface area contributed by atoms with Crippen molar-refractivity contribution in [3.63, 3.8) is 0 Å². The Bertz CT molecular complexity index is 222. The molecule has 0 aromatic carbocycles. The van der Waals surface area contributed by atoms with Gasteiger partial charge in [0, 0.05) is 12.6 Å². The number of likely N-dealkylation sites (N-methyl/N-ethyl adjacent to an activating group) is 1. The van der Waals surface area contributed by atoms with Crippen LogP contribution in [0.5, 0.6) is 0 Å². The van der Waals surface area contributed by atoms with Gasteiger partial charge in [-0.15, -0.1) is 0 Å². The molecule has 1 saturated carbocycles. The van der Waals surface area contributed by atoms with Crippen molar-refractivity contribution in [3.8, 4) is 0 Å². The Morgan fingerprint density at radius 1 is 1.18 bits per heavy atom. The van der Waals surface area contributed by atoms with Gasteiger partial charge >= 0.3 is 0 Å². The lowest BCUT2D eigenvalue weighted by Gasteiger charge is -2.26. The number of carbonyl (C=O) groups excluding carboxylic acids is 1. The van der Waals surface area contributed by atoms with E-state index >= 15 is 0 Å². The van der Waals surface area contributed by atoms with E-state index in [0.29, 0.717) is 12.6 Å². The molecule has 17 heavy (non-hydrogen) atoms. The molecule has 0 aliphatic heterocycles. The van der Waals surface area contributed by atoms with Crippen molar-refractivity contribution < 1.29 is 4.79 Å². The van der Waals surface area contributed by atoms with E-state index in [1.165, 1.54) is 38.5 Å². The van der Waals surface area contributed by atoms with E-state index in [0.717, 1.165) is 5.92 Å². The summed E-state index contributed by atoms with van der Waals surface area (Å²) >= 11 is 0. The first-order valence-electron chi connectivity index (χ1n) is 7.19. The molecule has 3 nitrogen and oxygen atoms in total. The molecular weight excluding hydrogens is 212 g/mol. The van der Waals surface area contributed by atoms with Crippen LogP contribution in [0.2, 0.25) is 0 Å². The number of carbonyl (C=O) groups is 1. The summed E-state index contributed by atoms with van der Waals surface area (Å²) in [6, 6.07) is 0.374. The molecule has 1 aliphatic rings. The molecule has 0 radical (unpaired) electrons. The molecule has 0 aromatic heterocycles. The molecule has 1 fully saturated rings. The van der Waals surface area contributed by atoms with Crippen LogP contribution in [-0.4, -0.2) is 24.5 Å². The monoisotopic (exact) mass is 240 g/mol. The molecule has 0 heterocycles. The van der Waals surface area contributed by atoms with Gasteiger partial charge in [-0.2, -0.15) is 0 Å². The summed E-state index contributed by atoms with van der Waals surface area (Å²) < 4.78 is 0. The van der Waals surface area contributed by atoms with Gasteiger partial charge in [0.1, 0.15) is 0 Å². The summed E-state index contributed by atoms with van der Waals surface area (Å²) in [7, 11) is 0. The lowest BCUT2D eigenvalue weighted by atomic mass is 9.92. The SMILES string of the molecule is CCNC(=O)C(C)N[C@H](C)C1CCCCCC1. The summed E-state index contributed by atoms with van der Waals surface area (Å²) in [5, 5.41) is 6.31. The highest BCUT2D eigenvalue weighted by atomic mass is 16.2. The highest BCUT2D eigenvalue weighted by Crippen LogP contribution is 2.25. The molecule has 2 atom stereocenters. The van der Waals surface area contributed by atoms with E-state index < -0.39 is 0 Å². The van der Waals surface area contributed by atoms with Crippen molar-refractivity contribution >= 4 is 5.91 Å². The molecule has 1 unspecified atom stereocenters. The van der Waals surface area contributed by atoms with Crippen LogP contribution in [0.15, 0.2) is 0 Å². The van der Waals surface area contributed by atoms with E-state index in [2.05, 4.69) is 17.6 Å². The van der Waals surface area contributed by atoms with E-state index in [1.54, 1.807) is 0 Å². The summed E-state index contributed by atoms with van der Waals surface area (Å²) in [6.07, 6.45) is 8.11. The number of rotatable bonds is 5. The second kappa shape index (κ2) is 7.70. The maximum Gasteiger partial charge on any atom is 0.236 e. The maximum atomic E-state index is 11.7. The summed E-state index contributed by atoms with van der Waals surface area (Å²) in [5.74, 6) is 0.863. The normalized spacial score (nSPS) is 21.6. The molecule has 1 aliphatic carbocycles. The van der Waals surface area contributed by atoms with Crippen molar-refractivity contribution in [1.82, 2.24) is 10.6 Å². The fourth-order valence-corrected chi connectivity index (χ4v) is 2.74. The Kier molecular flexibility index (Phi) is 6.56. The largest absolute Gasteiger partial charge is 0.355 e. The average Bonchev–Trinajstić information content (AvgIpc) is 2.57. The van der Waals surface area contributed by atoms with Gasteiger partial charge in [0.25, 0.3) is 0 Å². The van der Waals surface area contributed by atoms with Crippen molar-refractivity contribution in [1.29, 1.82) is 0 Å². The van der Waals surface area contributed by atoms with Crippen molar-refractivity contribution in [2.75, 3.05) is 6.54 Å². The second-order valence-electron chi connectivity index (χ2n) is 5.32. The molecule has 0 aromatic rings. The molecular formula is C14H28N2O. The van der Waals surface area contributed by atoms with Crippen molar-refractivity contribution in [3.05, 3.63) is 0 Å². The van der Waals surface area contributed by atoms with E-state index in [9.17, 15) is 4.79 Å². The maximum absolute atomic E-state index is 11.7. The van der Waals surface area contributed by atoms with Gasteiger partial charge in [0.05, 0.1) is 6.04 Å². The molecule has 0 spiro atoms. The van der Waals surface area contributed by atoms with E-state index in [-0.39, 0.29) is 11.9 Å². The Hall–Kier alpha value is -0.570. The number of hydrogen-bond acceptors (Lipinski definition) is 2. The Labute approximate surface area is 106 Å². The van der Waals surface area contributed by atoms with E-state index in [4.69, 9.17) is 0 Å². The van der Waals surface area contributed by atoms with Crippen LogP contribution in [0.4, 0.5) is 0 Å². The number of amides is 1. The highest BCUT2D eigenvalue weighted by Gasteiger charge is 2.22. The number of nitrogens with one attached hydrogen (secondary N) is 2. The van der Waals surface area contributed by atoms with E-state index in [1.807, 2.05) is 13.8 Å². The molecule has 2 N–H and O–H groups in total. The Morgan fingerprint density at radius 3 is 2.29 bits per heavy atom. The Balaban J connectivity index is 2.35. The molecule has 1 amide bonds. The first kappa shape index (κ1) is 14.5. The first-order valence-corrected chi connectivity index (χ1v) is 7.19. The van der Waals surface area contributed by atoms with Crippen LogP contribution in [0.25, 0.3) is 0 Å². The predicted molar refractivity (Wildman–Crippen MR) is 71.9 cm³/mol. The van der Waals surface area contributed by atoms with Crippen LogP contribution >= 0.6 is 0 Å². The topological polar surface area (TPSA) is 41.1 Å². The smallest absolute Gasteiger partial charge is 0.236 e. The molecule has 0 saturated heterocycles. The zero-order valence-corrected chi connectivity index (χ0v) is 11.6. The minimum absolute atomic E-state index is 0.0757. The third kappa shape index (κ3) is 5.07. The lowest BCUT2D eigenvalue weighted by molar-refractivity contribution is -0.122. The van der Waals surface area contributed by atoms with Crippen molar-refractivity contribution in [2.45, 2.75) is 71.4 Å².